The molecular weight excluding hydrogens is 250 g/mol. The van der Waals surface area contributed by atoms with Gasteiger partial charge in [0.25, 0.3) is 5.91 Å². The van der Waals surface area contributed by atoms with Crippen LogP contribution >= 0.6 is 11.6 Å². The summed E-state index contributed by atoms with van der Waals surface area (Å²) in [4.78, 5) is 14.3. The molecule has 0 atom stereocenters. The molecule has 0 heterocycles. The lowest BCUT2D eigenvalue weighted by molar-refractivity contribution is 0.0753. The number of aryl methyl sites for hydroxylation is 1. The molecule has 0 aliphatic heterocycles. The molecule has 0 radical (unpaired) electrons. The average Bonchev–Trinajstić information content (AvgIpc) is 3.20. The highest BCUT2D eigenvalue weighted by Gasteiger charge is 2.32. The van der Waals surface area contributed by atoms with Crippen molar-refractivity contribution in [3.05, 3.63) is 29.3 Å². The van der Waals surface area contributed by atoms with E-state index in [1.165, 1.54) is 0 Å². The number of amides is 1. The Morgan fingerprint density at radius 2 is 2.22 bits per heavy atom. The maximum absolute atomic E-state index is 12.4. The number of halogens is 1. The molecule has 2 rings (SSSR count). The number of ether oxygens (including phenoxy) is 1. The minimum absolute atomic E-state index is 0.0523. The Hall–Kier alpha value is -1.22. The fraction of sp³-hybridized carbons (Fsp3) is 0.500. The van der Waals surface area contributed by atoms with Crippen molar-refractivity contribution in [1.29, 1.82) is 0 Å². The Morgan fingerprint density at radius 3 is 2.78 bits per heavy atom. The first-order valence-electron chi connectivity index (χ1n) is 6.19. The number of carbonyl (C=O) groups is 1. The van der Waals surface area contributed by atoms with Gasteiger partial charge in [-0.3, -0.25) is 4.79 Å². The Labute approximate surface area is 113 Å². The van der Waals surface area contributed by atoms with Crippen molar-refractivity contribution in [2.45, 2.75) is 25.8 Å². The van der Waals surface area contributed by atoms with Gasteiger partial charge >= 0.3 is 0 Å². The smallest absolute Gasteiger partial charge is 0.254 e. The summed E-state index contributed by atoms with van der Waals surface area (Å²) in [5, 5.41) is 0. The van der Waals surface area contributed by atoms with Crippen LogP contribution in [0.4, 0.5) is 0 Å². The SMILES string of the molecule is COc1cc(C(=O)N(CCCl)C2CC2)ccc1C. The zero-order valence-electron chi connectivity index (χ0n) is 10.8. The van der Waals surface area contributed by atoms with Crippen LogP contribution in [-0.4, -0.2) is 36.4 Å². The van der Waals surface area contributed by atoms with Gasteiger partial charge in [-0.15, -0.1) is 11.6 Å². The molecule has 0 spiro atoms. The van der Waals surface area contributed by atoms with Crippen LogP contribution in [-0.2, 0) is 0 Å². The van der Waals surface area contributed by atoms with Gasteiger partial charge in [0.15, 0.2) is 0 Å². The van der Waals surface area contributed by atoms with E-state index >= 15 is 0 Å². The van der Waals surface area contributed by atoms with Crippen LogP contribution in [0.2, 0.25) is 0 Å². The molecule has 18 heavy (non-hydrogen) atoms. The van der Waals surface area contributed by atoms with Gasteiger partial charge in [-0.2, -0.15) is 0 Å². The third-order valence-electron chi connectivity index (χ3n) is 3.23. The zero-order chi connectivity index (χ0) is 13.1. The molecule has 0 N–H and O–H groups in total. The Kier molecular flexibility index (Phi) is 4.12. The van der Waals surface area contributed by atoms with E-state index in [0.29, 0.717) is 24.0 Å². The van der Waals surface area contributed by atoms with Gasteiger partial charge < -0.3 is 9.64 Å². The predicted octanol–water partition coefficient (Wildman–Crippen LogP) is 2.85. The predicted molar refractivity (Wildman–Crippen MR) is 72.5 cm³/mol. The summed E-state index contributed by atoms with van der Waals surface area (Å²) in [7, 11) is 1.62. The molecule has 0 aromatic heterocycles. The summed E-state index contributed by atoms with van der Waals surface area (Å²) in [6.45, 7) is 2.58. The van der Waals surface area contributed by atoms with Gasteiger partial charge in [-0.1, -0.05) is 6.07 Å². The molecular formula is C14H18ClNO2. The van der Waals surface area contributed by atoms with E-state index < -0.39 is 0 Å². The summed E-state index contributed by atoms with van der Waals surface area (Å²) < 4.78 is 5.25. The number of carbonyl (C=O) groups excluding carboxylic acids is 1. The Balaban J connectivity index is 2.21. The second-order valence-corrected chi connectivity index (χ2v) is 4.98. The van der Waals surface area contributed by atoms with Crippen LogP contribution in [0.3, 0.4) is 0 Å². The molecule has 1 amide bonds. The maximum Gasteiger partial charge on any atom is 0.254 e. The minimum atomic E-state index is 0.0523. The summed E-state index contributed by atoms with van der Waals surface area (Å²) in [5.74, 6) is 1.28. The van der Waals surface area contributed by atoms with Crippen LogP contribution in [0.15, 0.2) is 18.2 Å². The molecule has 4 heteroatoms. The van der Waals surface area contributed by atoms with E-state index in [-0.39, 0.29) is 5.91 Å². The average molecular weight is 268 g/mol. The number of hydrogen-bond donors (Lipinski definition) is 0. The van der Waals surface area contributed by atoms with Crippen LogP contribution in [0.5, 0.6) is 5.75 Å². The van der Waals surface area contributed by atoms with Crippen molar-refractivity contribution in [3.63, 3.8) is 0 Å². The standard InChI is InChI=1S/C14H18ClNO2/c1-10-3-4-11(9-13(10)18-2)14(17)16(8-7-15)12-5-6-12/h3-4,9,12H,5-8H2,1-2H3. The van der Waals surface area contributed by atoms with Gasteiger partial charge in [-0.05, 0) is 37.5 Å². The quantitative estimate of drug-likeness (QED) is 0.768. The Morgan fingerprint density at radius 1 is 1.50 bits per heavy atom. The van der Waals surface area contributed by atoms with Gasteiger partial charge in [0.05, 0.1) is 7.11 Å². The molecule has 1 aromatic carbocycles. The first-order chi connectivity index (χ1) is 8.67. The number of nitrogens with zero attached hydrogens (tertiary/aromatic N) is 1. The van der Waals surface area contributed by atoms with Crippen molar-refractivity contribution in [2.24, 2.45) is 0 Å². The van der Waals surface area contributed by atoms with Gasteiger partial charge in [-0.25, -0.2) is 0 Å². The van der Waals surface area contributed by atoms with E-state index in [4.69, 9.17) is 16.3 Å². The van der Waals surface area contributed by atoms with E-state index in [9.17, 15) is 4.79 Å². The maximum atomic E-state index is 12.4. The highest BCUT2D eigenvalue weighted by molar-refractivity contribution is 6.18. The first kappa shape index (κ1) is 13.2. The number of hydrogen-bond acceptors (Lipinski definition) is 2. The number of benzene rings is 1. The number of rotatable bonds is 5. The number of alkyl halides is 1. The van der Waals surface area contributed by atoms with Gasteiger partial charge in [0.1, 0.15) is 5.75 Å². The molecule has 1 saturated carbocycles. The van der Waals surface area contributed by atoms with Crippen LogP contribution < -0.4 is 4.74 Å². The molecule has 0 saturated heterocycles. The Bertz CT molecular complexity index is 443. The lowest BCUT2D eigenvalue weighted by Gasteiger charge is -2.21. The highest BCUT2D eigenvalue weighted by atomic mass is 35.5. The van der Waals surface area contributed by atoms with E-state index in [1.54, 1.807) is 13.2 Å². The lowest BCUT2D eigenvalue weighted by atomic mass is 10.1. The topological polar surface area (TPSA) is 29.5 Å². The van der Waals surface area contributed by atoms with Crippen LogP contribution in [0.25, 0.3) is 0 Å². The lowest BCUT2D eigenvalue weighted by Crippen LogP contribution is -2.34. The van der Waals surface area contributed by atoms with E-state index in [0.717, 1.165) is 24.2 Å². The minimum Gasteiger partial charge on any atom is -0.496 e. The van der Waals surface area contributed by atoms with E-state index in [2.05, 4.69) is 0 Å². The zero-order valence-corrected chi connectivity index (χ0v) is 11.5. The molecule has 1 aromatic rings. The number of methoxy groups -OCH3 is 1. The summed E-state index contributed by atoms with van der Waals surface area (Å²) in [6, 6.07) is 5.95. The van der Waals surface area contributed by atoms with Crippen molar-refractivity contribution in [3.8, 4) is 5.75 Å². The van der Waals surface area contributed by atoms with Gasteiger partial charge in [0, 0.05) is 24.0 Å². The molecule has 1 fully saturated rings. The van der Waals surface area contributed by atoms with Crippen molar-refractivity contribution in [1.82, 2.24) is 4.90 Å². The second kappa shape index (κ2) is 5.61. The third-order valence-corrected chi connectivity index (χ3v) is 3.40. The molecule has 3 nitrogen and oxygen atoms in total. The summed E-state index contributed by atoms with van der Waals surface area (Å²) in [6.07, 6.45) is 2.18. The van der Waals surface area contributed by atoms with Crippen LogP contribution in [0.1, 0.15) is 28.8 Å². The molecule has 1 aliphatic rings. The van der Waals surface area contributed by atoms with Crippen LogP contribution in [0, 0.1) is 6.92 Å². The largest absolute Gasteiger partial charge is 0.496 e. The third kappa shape index (κ3) is 2.78. The fourth-order valence-electron chi connectivity index (χ4n) is 2.05. The normalized spacial score (nSPS) is 14.4. The molecule has 0 unspecified atom stereocenters. The summed E-state index contributed by atoms with van der Waals surface area (Å²) in [5.41, 5.74) is 1.71. The highest BCUT2D eigenvalue weighted by Crippen LogP contribution is 2.29. The van der Waals surface area contributed by atoms with E-state index in [1.807, 2.05) is 24.0 Å². The monoisotopic (exact) mass is 267 g/mol. The van der Waals surface area contributed by atoms with Crippen molar-refractivity contribution < 1.29 is 9.53 Å². The molecule has 0 bridgehead atoms. The molecule has 1 aliphatic carbocycles. The first-order valence-corrected chi connectivity index (χ1v) is 6.72. The van der Waals surface area contributed by atoms with Gasteiger partial charge in [0.2, 0.25) is 0 Å². The fourth-order valence-corrected chi connectivity index (χ4v) is 2.23. The summed E-state index contributed by atoms with van der Waals surface area (Å²) >= 11 is 5.76. The molecule has 98 valence electrons. The second-order valence-electron chi connectivity index (χ2n) is 4.60. The van der Waals surface area contributed by atoms with Crippen molar-refractivity contribution in [2.75, 3.05) is 19.5 Å². The van der Waals surface area contributed by atoms with Crippen molar-refractivity contribution >= 4 is 17.5 Å².